The zero-order chi connectivity index (χ0) is 30.2. The molecule has 2 aliphatic rings. The molecule has 0 fully saturated rings. The Hall–Kier alpha value is -4.62. The van der Waals surface area contributed by atoms with Crippen LogP contribution >= 0.6 is 0 Å². The maximum atomic E-state index is 6.67. The van der Waals surface area contributed by atoms with E-state index in [1.165, 1.54) is 55.7 Å². The van der Waals surface area contributed by atoms with Gasteiger partial charge in [0.15, 0.2) is 0 Å². The van der Waals surface area contributed by atoms with E-state index in [2.05, 4.69) is 175 Å². The largest absolute Gasteiger partial charge is 0.465 e. The number of allylic oxidation sites excluding steroid dienone is 10. The Labute approximate surface area is 257 Å². The van der Waals surface area contributed by atoms with Crippen LogP contribution in [0, 0.1) is 10.8 Å². The Balaban J connectivity index is 1.85. The van der Waals surface area contributed by atoms with Gasteiger partial charge in [-0.15, -0.1) is 0 Å². The van der Waals surface area contributed by atoms with Crippen molar-refractivity contribution >= 4 is 22.3 Å². The van der Waals surface area contributed by atoms with Crippen molar-refractivity contribution in [3.8, 4) is 0 Å². The zero-order valence-electron chi connectivity index (χ0n) is 26.1. The van der Waals surface area contributed by atoms with Gasteiger partial charge in [0, 0.05) is 10.8 Å². The summed E-state index contributed by atoms with van der Waals surface area (Å²) in [6, 6.07) is 43.5. The molecule has 4 aromatic carbocycles. The van der Waals surface area contributed by atoms with E-state index in [0.717, 1.165) is 11.5 Å². The lowest BCUT2D eigenvalue weighted by Gasteiger charge is -2.33. The maximum Gasteiger partial charge on any atom is 0.110 e. The third-order valence-corrected chi connectivity index (χ3v) is 8.06. The fourth-order valence-electron chi connectivity index (χ4n) is 5.87. The summed E-state index contributed by atoms with van der Waals surface area (Å²) in [5.74, 6) is 1.97. The first kappa shape index (κ1) is 28.5. The first-order valence-electron chi connectivity index (χ1n) is 15.2. The molecule has 0 radical (unpaired) electrons. The highest BCUT2D eigenvalue weighted by atomic mass is 16.5. The van der Waals surface area contributed by atoms with E-state index >= 15 is 0 Å². The molecule has 1 nitrogen and oxygen atoms in total. The lowest BCUT2D eigenvalue weighted by Crippen LogP contribution is -2.21. The molecule has 1 aliphatic carbocycles. The van der Waals surface area contributed by atoms with Crippen LogP contribution in [0.2, 0.25) is 0 Å². The molecule has 214 valence electrons. The minimum Gasteiger partial charge on any atom is -0.465 e. The molecule has 1 aliphatic heterocycles. The molecular weight excluding hydrogens is 520 g/mol. The molecule has 4 aromatic rings. The number of rotatable bonds is 4. The van der Waals surface area contributed by atoms with Crippen molar-refractivity contribution in [2.45, 2.75) is 41.5 Å². The normalized spacial score (nSPS) is 15.9. The van der Waals surface area contributed by atoms with Crippen LogP contribution in [0.5, 0.6) is 0 Å². The summed E-state index contributed by atoms with van der Waals surface area (Å²) in [7, 11) is 0. The zero-order valence-corrected chi connectivity index (χ0v) is 26.1. The number of hydrogen-bond acceptors (Lipinski definition) is 1. The number of hydrogen-bond donors (Lipinski definition) is 0. The van der Waals surface area contributed by atoms with E-state index < -0.39 is 0 Å². The van der Waals surface area contributed by atoms with Crippen LogP contribution in [0.25, 0.3) is 22.3 Å². The second-order valence-corrected chi connectivity index (χ2v) is 13.4. The van der Waals surface area contributed by atoms with Gasteiger partial charge in [-0.1, -0.05) is 163 Å². The molecular formula is C42H40O. The third-order valence-electron chi connectivity index (χ3n) is 8.06. The molecule has 0 amide bonds. The second-order valence-electron chi connectivity index (χ2n) is 13.4. The van der Waals surface area contributed by atoms with Gasteiger partial charge in [-0.05, 0) is 67.8 Å². The van der Waals surface area contributed by atoms with Gasteiger partial charge >= 0.3 is 0 Å². The smallest absolute Gasteiger partial charge is 0.110 e. The van der Waals surface area contributed by atoms with E-state index in [9.17, 15) is 0 Å². The van der Waals surface area contributed by atoms with Crippen molar-refractivity contribution < 1.29 is 4.74 Å². The molecule has 0 bridgehead atoms. The molecule has 1 heteroatoms. The molecule has 0 saturated heterocycles. The maximum absolute atomic E-state index is 6.67. The Bertz CT molecular complexity index is 1650. The average Bonchev–Trinajstić information content (AvgIpc) is 3.38. The molecule has 0 saturated carbocycles. The topological polar surface area (TPSA) is 9.23 Å². The number of ether oxygens (including phenoxy) is 1. The van der Waals surface area contributed by atoms with Gasteiger partial charge in [-0.25, -0.2) is 0 Å². The predicted octanol–water partition coefficient (Wildman–Crippen LogP) is 11.4. The third kappa shape index (κ3) is 5.60. The summed E-state index contributed by atoms with van der Waals surface area (Å²) in [5, 5.41) is 0. The van der Waals surface area contributed by atoms with Gasteiger partial charge in [-0.3, -0.25) is 0 Å². The summed E-state index contributed by atoms with van der Waals surface area (Å²) >= 11 is 0. The first-order chi connectivity index (χ1) is 20.6. The van der Waals surface area contributed by atoms with Gasteiger partial charge in [0.25, 0.3) is 0 Å². The molecule has 0 aromatic heterocycles. The van der Waals surface area contributed by atoms with Crippen molar-refractivity contribution in [2.75, 3.05) is 0 Å². The monoisotopic (exact) mass is 560 g/mol. The summed E-state index contributed by atoms with van der Waals surface area (Å²) in [5.41, 5.74) is 11.9. The van der Waals surface area contributed by atoms with Crippen molar-refractivity contribution in [2.24, 2.45) is 10.8 Å². The second kappa shape index (κ2) is 11.2. The summed E-state index contributed by atoms with van der Waals surface area (Å²) < 4.78 is 6.67. The Morgan fingerprint density at radius 1 is 0.349 bits per heavy atom. The van der Waals surface area contributed by atoms with Crippen LogP contribution in [0.4, 0.5) is 0 Å². The highest BCUT2D eigenvalue weighted by molar-refractivity contribution is 6.35. The standard InChI is InChI=1S/C42H40O/c1-41(2,3)34-27-33(28-35(43-34)42(4,5)6)40-38(31-23-15-9-16-24-31)36(29-19-11-7-12-20-29)37(30-21-13-8-14-22-30)39(40)32-25-17-10-18-26-32/h7-28H,1-6H3. The molecule has 0 atom stereocenters. The van der Waals surface area contributed by atoms with Gasteiger partial charge in [-0.2, -0.15) is 0 Å². The molecule has 6 rings (SSSR count). The van der Waals surface area contributed by atoms with E-state index in [4.69, 9.17) is 4.74 Å². The lowest BCUT2D eigenvalue weighted by atomic mass is 9.82. The molecule has 1 heterocycles. The SMILES string of the molecule is CC(C)(C)C1=CC(=C2C(c3ccccc3)=C(c3ccccc3)C(c3ccccc3)=C2c2ccccc2)C=C(C(C)(C)C)O1. The van der Waals surface area contributed by atoms with Gasteiger partial charge in [0.1, 0.15) is 11.5 Å². The van der Waals surface area contributed by atoms with Crippen LogP contribution in [0.15, 0.2) is 156 Å². The van der Waals surface area contributed by atoms with E-state index in [1.54, 1.807) is 0 Å². The van der Waals surface area contributed by atoms with Gasteiger partial charge in [0.2, 0.25) is 0 Å². The van der Waals surface area contributed by atoms with Gasteiger partial charge in [0.05, 0.1) is 0 Å². The Morgan fingerprint density at radius 3 is 0.860 bits per heavy atom. The van der Waals surface area contributed by atoms with Crippen LogP contribution < -0.4 is 0 Å². The van der Waals surface area contributed by atoms with E-state index in [0.29, 0.717) is 0 Å². The minimum atomic E-state index is -0.160. The van der Waals surface area contributed by atoms with E-state index in [1.807, 2.05) is 0 Å². The highest BCUT2D eigenvalue weighted by Crippen LogP contribution is 2.56. The summed E-state index contributed by atoms with van der Waals surface area (Å²) in [4.78, 5) is 0. The Kier molecular flexibility index (Phi) is 7.44. The Morgan fingerprint density at radius 2 is 0.605 bits per heavy atom. The van der Waals surface area contributed by atoms with Crippen molar-refractivity contribution in [1.29, 1.82) is 0 Å². The minimum absolute atomic E-state index is 0.160. The fourth-order valence-corrected chi connectivity index (χ4v) is 5.87. The first-order valence-corrected chi connectivity index (χ1v) is 15.2. The van der Waals surface area contributed by atoms with Crippen LogP contribution in [0.1, 0.15) is 63.8 Å². The van der Waals surface area contributed by atoms with E-state index in [-0.39, 0.29) is 10.8 Å². The lowest BCUT2D eigenvalue weighted by molar-refractivity contribution is 0.161. The van der Waals surface area contributed by atoms with Crippen molar-refractivity contribution in [3.63, 3.8) is 0 Å². The molecule has 0 spiro atoms. The quantitative estimate of drug-likeness (QED) is 0.241. The van der Waals surface area contributed by atoms with Crippen molar-refractivity contribution in [1.82, 2.24) is 0 Å². The predicted molar refractivity (Wildman–Crippen MR) is 183 cm³/mol. The number of benzene rings is 4. The molecule has 43 heavy (non-hydrogen) atoms. The molecule has 0 unspecified atom stereocenters. The summed E-state index contributed by atoms with van der Waals surface area (Å²) in [6.07, 6.45) is 4.57. The molecule has 0 N–H and O–H groups in total. The van der Waals surface area contributed by atoms with Gasteiger partial charge < -0.3 is 4.74 Å². The van der Waals surface area contributed by atoms with Crippen LogP contribution in [-0.2, 0) is 4.74 Å². The fraction of sp³-hybridized carbons (Fsp3) is 0.190. The van der Waals surface area contributed by atoms with Crippen LogP contribution in [0.3, 0.4) is 0 Å². The highest BCUT2D eigenvalue weighted by Gasteiger charge is 2.36. The van der Waals surface area contributed by atoms with Crippen LogP contribution in [-0.4, -0.2) is 0 Å². The summed E-state index contributed by atoms with van der Waals surface area (Å²) in [6.45, 7) is 13.4. The average molecular weight is 561 g/mol. The van der Waals surface area contributed by atoms with Crippen molar-refractivity contribution in [3.05, 3.63) is 178 Å².